The van der Waals surface area contributed by atoms with Crippen LogP contribution < -0.4 is 10.6 Å². The molecule has 1 aliphatic heterocycles. The van der Waals surface area contributed by atoms with Crippen molar-refractivity contribution in [2.75, 3.05) is 18.9 Å². The Hall–Kier alpha value is -3.42. The van der Waals surface area contributed by atoms with Gasteiger partial charge in [-0.05, 0) is 30.7 Å². The Morgan fingerprint density at radius 2 is 1.94 bits per heavy atom. The Morgan fingerprint density at radius 3 is 2.56 bits per heavy atom. The third-order valence-electron chi connectivity index (χ3n) is 5.97. The van der Waals surface area contributed by atoms with Gasteiger partial charge in [0.05, 0.1) is 30.0 Å². The van der Waals surface area contributed by atoms with Gasteiger partial charge in [0, 0.05) is 31.2 Å². The minimum atomic E-state index is -3.20. The van der Waals surface area contributed by atoms with E-state index in [1.807, 2.05) is 0 Å². The maximum atomic E-state index is 14.2. The molecule has 3 heterocycles. The number of aliphatic hydroxyl groups is 2. The van der Waals surface area contributed by atoms with E-state index in [0.717, 1.165) is 10.6 Å². The van der Waals surface area contributed by atoms with E-state index in [4.69, 9.17) is 0 Å². The predicted octanol–water partition coefficient (Wildman–Crippen LogP) is 1.88. The number of benzene rings is 1. The molecule has 3 aromatic rings. The van der Waals surface area contributed by atoms with Crippen molar-refractivity contribution >= 4 is 28.3 Å². The molecule has 2 amide bonds. The first-order valence-corrected chi connectivity index (χ1v) is 12.1. The van der Waals surface area contributed by atoms with Crippen LogP contribution in [0.4, 0.5) is 13.9 Å². The largest absolute Gasteiger partial charge is 0.380 e. The van der Waals surface area contributed by atoms with E-state index in [2.05, 4.69) is 20.7 Å². The average molecular weight is 521 g/mol. The van der Waals surface area contributed by atoms with Crippen LogP contribution in [0.25, 0.3) is 5.69 Å². The van der Waals surface area contributed by atoms with Crippen molar-refractivity contribution in [2.24, 2.45) is 0 Å². The third kappa shape index (κ3) is 5.37. The van der Waals surface area contributed by atoms with Gasteiger partial charge in [-0.1, -0.05) is 12.1 Å². The van der Waals surface area contributed by atoms with Crippen LogP contribution in [0.1, 0.15) is 36.7 Å². The molecule has 10 nitrogen and oxygen atoms in total. The van der Waals surface area contributed by atoms with Crippen LogP contribution in [0.2, 0.25) is 0 Å². The number of aromatic nitrogens is 3. The second-order valence-corrected chi connectivity index (χ2v) is 9.39. The van der Waals surface area contributed by atoms with Crippen molar-refractivity contribution in [1.29, 1.82) is 0 Å². The summed E-state index contributed by atoms with van der Waals surface area (Å²) in [6, 6.07) is 7.24. The lowest BCUT2D eigenvalue weighted by Crippen LogP contribution is -2.51. The molecule has 0 radical (unpaired) electrons. The molecule has 1 saturated heterocycles. The van der Waals surface area contributed by atoms with E-state index in [1.54, 1.807) is 66.8 Å². The number of alkyl halides is 2. The number of nitrogens with one attached hydrogen (secondary N) is 2. The zero-order chi connectivity index (χ0) is 26.0. The molecule has 0 spiro atoms. The molecule has 36 heavy (non-hydrogen) atoms. The Morgan fingerprint density at radius 1 is 1.22 bits per heavy atom. The van der Waals surface area contributed by atoms with Crippen LogP contribution in [0, 0.1) is 0 Å². The summed E-state index contributed by atoms with van der Waals surface area (Å²) >= 11 is 1.19. The Kier molecular flexibility index (Phi) is 7.33. The van der Waals surface area contributed by atoms with E-state index in [-0.39, 0.29) is 5.69 Å². The summed E-state index contributed by atoms with van der Waals surface area (Å²) < 4.78 is 30.1. The topological polar surface area (TPSA) is 133 Å². The maximum Gasteiger partial charge on any atom is 0.267 e. The molecule has 4 N–H and O–H groups in total. The number of thiazole rings is 1. The van der Waals surface area contributed by atoms with Gasteiger partial charge in [0.2, 0.25) is 0 Å². The predicted molar refractivity (Wildman–Crippen MR) is 128 cm³/mol. The highest BCUT2D eigenvalue weighted by molar-refractivity contribution is 7.13. The minimum Gasteiger partial charge on any atom is -0.380 e. The lowest BCUT2D eigenvalue weighted by atomic mass is 10.1. The van der Waals surface area contributed by atoms with E-state index in [1.165, 1.54) is 11.3 Å². The Balaban J connectivity index is 1.41. The molecule has 2 aromatic heterocycles. The monoisotopic (exact) mass is 520 g/mol. The summed E-state index contributed by atoms with van der Waals surface area (Å²) in [7, 11) is 1.63. The minimum absolute atomic E-state index is 0.244. The van der Waals surface area contributed by atoms with Gasteiger partial charge >= 0.3 is 0 Å². The standard InChI is InChI=1S/C23H26F2N6O4S/c1-13(14-4-6-15(7-5-14)31-9-3-8-27-31)28-20(34)18(32)19(33)21(35)30-12-23(24,25)10-17(30)16-11-36-22(26-2)29-16/h3-9,11,13,17-19,32-33H,10,12H2,1-2H3,(H,26,29)(H,28,34)/t13-,17?,18-,19-/m1/s1. The number of halogens is 2. The first-order valence-electron chi connectivity index (χ1n) is 11.2. The van der Waals surface area contributed by atoms with Crippen molar-refractivity contribution in [2.45, 2.75) is 43.6 Å². The van der Waals surface area contributed by atoms with Crippen LogP contribution in [0.15, 0.2) is 48.1 Å². The molecule has 1 fully saturated rings. The lowest BCUT2D eigenvalue weighted by Gasteiger charge is -2.27. The Bertz CT molecular complexity index is 1200. The molecule has 1 unspecified atom stereocenters. The van der Waals surface area contributed by atoms with Crippen LogP contribution in [0.5, 0.6) is 0 Å². The van der Waals surface area contributed by atoms with Crippen molar-refractivity contribution in [3.63, 3.8) is 0 Å². The van der Waals surface area contributed by atoms with Crippen LogP contribution in [-0.2, 0) is 9.59 Å². The molecule has 0 saturated carbocycles. The number of carbonyl (C=O) groups is 2. The summed E-state index contributed by atoms with van der Waals surface area (Å²) in [4.78, 5) is 30.5. The van der Waals surface area contributed by atoms with Crippen molar-refractivity contribution < 1.29 is 28.6 Å². The zero-order valence-corrected chi connectivity index (χ0v) is 20.3. The molecule has 4 rings (SSSR count). The van der Waals surface area contributed by atoms with Gasteiger partial charge in [-0.3, -0.25) is 9.59 Å². The first-order chi connectivity index (χ1) is 17.1. The second-order valence-electron chi connectivity index (χ2n) is 8.53. The smallest absolute Gasteiger partial charge is 0.267 e. The average Bonchev–Trinajstić information content (AvgIpc) is 3.62. The summed E-state index contributed by atoms with van der Waals surface area (Å²) in [6.45, 7) is 0.716. The van der Waals surface area contributed by atoms with Gasteiger partial charge in [0.1, 0.15) is 0 Å². The summed E-state index contributed by atoms with van der Waals surface area (Å²) in [6.07, 6.45) is -1.62. The number of amides is 2. The highest BCUT2D eigenvalue weighted by Crippen LogP contribution is 2.42. The SMILES string of the molecule is CNc1nc(C2CC(F)(F)CN2C(=O)[C@H](O)[C@@H](O)C(=O)N[C@H](C)c2ccc(-n3cccn3)cc2)cs1. The molecule has 0 bridgehead atoms. The normalized spacial score (nSPS) is 19.5. The fourth-order valence-electron chi connectivity index (χ4n) is 4.03. The number of nitrogens with zero attached hydrogens (tertiary/aromatic N) is 4. The Labute approximate surface area is 209 Å². The quantitative estimate of drug-likeness (QED) is 0.357. The van der Waals surface area contributed by atoms with Crippen molar-refractivity contribution in [3.05, 3.63) is 59.4 Å². The number of anilines is 1. The summed E-state index contributed by atoms with van der Waals surface area (Å²) in [5, 5.41) is 32.3. The first kappa shape index (κ1) is 25.7. The molecule has 192 valence electrons. The van der Waals surface area contributed by atoms with E-state index in [0.29, 0.717) is 10.7 Å². The second kappa shape index (κ2) is 10.3. The number of hydrogen-bond donors (Lipinski definition) is 4. The van der Waals surface area contributed by atoms with Crippen molar-refractivity contribution in [1.82, 2.24) is 25.0 Å². The van der Waals surface area contributed by atoms with Gasteiger partial charge < -0.3 is 25.7 Å². The van der Waals surface area contributed by atoms with Crippen LogP contribution in [0.3, 0.4) is 0 Å². The van der Waals surface area contributed by atoms with Crippen LogP contribution in [-0.4, -0.2) is 73.4 Å². The zero-order valence-electron chi connectivity index (χ0n) is 19.5. The van der Waals surface area contributed by atoms with E-state index in [9.17, 15) is 28.6 Å². The summed E-state index contributed by atoms with van der Waals surface area (Å²) in [5.74, 6) is -5.38. The molecule has 4 atom stereocenters. The number of aliphatic hydroxyl groups excluding tert-OH is 2. The molecule has 1 aromatic carbocycles. The highest BCUT2D eigenvalue weighted by Gasteiger charge is 2.50. The molecule has 1 aliphatic rings. The van der Waals surface area contributed by atoms with Gasteiger partial charge in [-0.15, -0.1) is 11.3 Å². The number of likely N-dealkylation sites (tertiary alicyclic amines) is 1. The molecule has 0 aliphatic carbocycles. The third-order valence-corrected chi connectivity index (χ3v) is 6.85. The van der Waals surface area contributed by atoms with Gasteiger partial charge in [0.25, 0.3) is 17.7 Å². The molecular formula is C23H26F2N6O4S. The fraction of sp³-hybridized carbons (Fsp3) is 0.391. The lowest BCUT2D eigenvalue weighted by molar-refractivity contribution is -0.154. The van der Waals surface area contributed by atoms with Gasteiger partial charge in [-0.25, -0.2) is 18.4 Å². The molecule has 13 heteroatoms. The number of carbonyl (C=O) groups excluding carboxylic acids is 2. The highest BCUT2D eigenvalue weighted by atomic mass is 32.1. The maximum absolute atomic E-state index is 14.2. The van der Waals surface area contributed by atoms with E-state index < -0.39 is 55.0 Å². The fourth-order valence-corrected chi connectivity index (χ4v) is 4.75. The summed E-state index contributed by atoms with van der Waals surface area (Å²) in [5.41, 5.74) is 1.76. The van der Waals surface area contributed by atoms with Crippen LogP contribution >= 0.6 is 11.3 Å². The van der Waals surface area contributed by atoms with Gasteiger partial charge in [-0.2, -0.15) is 5.10 Å². The van der Waals surface area contributed by atoms with Crippen molar-refractivity contribution in [3.8, 4) is 5.69 Å². The number of rotatable bonds is 8. The number of hydrogen-bond acceptors (Lipinski definition) is 8. The van der Waals surface area contributed by atoms with Gasteiger partial charge in [0.15, 0.2) is 17.3 Å². The van der Waals surface area contributed by atoms with E-state index >= 15 is 0 Å². The molecular weight excluding hydrogens is 494 g/mol.